The van der Waals surface area contributed by atoms with Crippen molar-refractivity contribution in [2.45, 2.75) is 20.0 Å². The summed E-state index contributed by atoms with van der Waals surface area (Å²) < 4.78 is 18.4. The Morgan fingerprint density at radius 1 is 1.27 bits per heavy atom. The van der Waals surface area contributed by atoms with Crippen LogP contribution in [0.25, 0.3) is 5.65 Å². The number of aryl methyl sites for hydroxylation is 1. The van der Waals surface area contributed by atoms with E-state index >= 15 is 0 Å². The van der Waals surface area contributed by atoms with E-state index < -0.39 is 5.97 Å². The summed E-state index contributed by atoms with van der Waals surface area (Å²) in [6.45, 7) is 3.01. The molecule has 3 aromatic rings. The van der Waals surface area contributed by atoms with E-state index in [1.54, 1.807) is 34.9 Å². The molecule has 0 saturated carbocycles. The van der Waals surface area contributed by atoms with Gasteiger partial charge in [0.25, 0.3) is 0 Å². The minimum Gasteiger partial charge on any atom is -0.489 e. The molecule has 7 nitrogen and oxygen atoms in total. The molecule has 0 N–H and O–H groups in total. The Hall–Kier alpha value is -2.80. The zero-order valence-electron chi connectivity index (χ0n) is 14.1. The van der Waals surface area contributed by atoms with Gasteiger partial charge in [-0.05, 0) is 36.8 Å². The predicted molar refractivity (Wildman–Crippen MR) is 93.9 cm³/mol. The lowest BCUT2D eigenvalue weighted by atomic mass is 10.2. The van der Waals surface area contributed by atoms with Gasteiger partial charge in [-0.3, -0.25) is 4.40 Å². The molecule has 0 fully saturated rings. The molecule has 0 spiro atoms. The molecule has 1 aromatic carbocycles. The summed E-state index contributed by atoms with van der Waals surface area (Å²) in [5, 5.41) is 8.40. The number of halogens is 1. The Labute approximate surface area is 154 Å². The van der Waals surface area contributed by atoms with Gasteiger partial charge in [0.2, 0.25) is 0 Å². The zero-order chi connectivity index (χ0) is 18.1. The van der Waals surface area contributed by atoms with Gasteiger partial charge in [-0.25, -0.2) is 4.79 Å². The van der Waals surface area contributed by atoms with Crippen LogP contribution in [-0.4, -0.2) is 33.8 Å². The minimum atomic E-state index is -0.441. The number of esters is 1. The van der Waals surface area contributed by atoms with Gasteiger partial charge in [-0.2, -0.15) is 0 Å². The maximum absolute atomic E-state index is 12.4. The van der Waals surface area contributed by atoms with Crippen molar-refractivity contribution in [2.75, 3.05) is 13.2 Å². The van der Waals surface area contributed by atoms with Gasteiger partial charge in [-0.15, -0.1) is 10.2 Å². The van der Waals surface area contributed by atoms with Gasteiger partial charge in [0.1, 0.15) is 12.4 Å². The predicted octanol–water partition coefficient (Wildman–Crippen LogP) is 3.21. The monoisotopic (exact) mass is 373 g/mol. The molecule has 2 aromatic heterocycles. The second-order valence-corrected chi connectivity index (χ2v) is 6.33. The van der Waals surface area contributed by atoms with Crippen molar-refractivity contribution in [2.24, 2.45) is 0 Å². The number of rotatable bonds is 3. The highest BCUT2D eigenvalue weighted by atomic mass is 35.5. The number of fused-ring (bicyclic) bond motifs is 2. The van der Waals surface area contributed by atoms with E-state index in [4.69, 9.17) is 25.8 Å². The third kappa shape index (κ3) is 3.17. The van der Waals surface area contributed by atoms with Crippen LogP contribution in [-0.2, 0) is 11.3 Å². The number of nitrogens with zero attached hydrogens (tertiary/aromatic N) is 3. The summed E-state index contributed by atoms with van der Waals surface area (Å²) in [5.74, 6) is 1.36. The van der Waals surface area contributed by atoms with E-state index in [-0.39, 0.29) is 6.61 Å². The number of carbonyl (C=O) groups excluding carboxylic acids is 1. The maximum atomic E-state index is 12.4. The Kier molecular flexibility index (Phi) is 4.38. The average Bonchev–Trinajstić information content (AvgIpc) is 2.85. The van der Waals surface area contributed by atoms with Crippen LogP contribution in [0.15, 0.2) is 30.5 Å². The van der Waals surface area contributed by atoms with Crippen molar-refractivity contribution in [1.29, 1.82) is 0 Å². The van der Waals surface area contributed by atoms with E-state index in [1.807, 2.05) is 6.92 Å². The van der Waals surface area contributed by atoms with E-state index in [2.05, 4.69) is 10.2 Å². The van der Waals surface area contributed by atoms with Crippen molar-refractivity contribution < 1.29 is 19.0 Å². The fourth-order valence-electron chi connectivity index (χ4n) is 2.73. The first-order valence-corrected chi connectivity index (χ1v) is 8.56. The van der Waals surface area contributed by atoms with Gasteiger partial charge >= 0.3 is 5.97 Å². The number of hydrogen-bond donors (Lipinski definition) is 0. The van der Waals surface area contributed by atoms with Crippen LogP contribution in [0.5, 0.6) is 11.5 Å². The molecule has 1 aliphatic rings. The number of benzene rings is 1. The quantitative estimate of drug-likeness (QED) is 0.656. The first-order chi connectivity index (χ1) is 12.6. The number of carbonyl (C=O) groups is 1. The lowest BCUT2D eigenvalue weighted by Crippen LogP contribution is -2.07. The molecule has 0 unspecified atom stereocenters. The van der Waals surface area contributed by atoms with Crippen LogP contribution >= 0.6 is 11.6 Å². The Morgan fingerprint density at radius 2 is 2.12 bits per heavy atom. The van der Waals surface area contributed by atoms with Crippen molar-refractivity contribution in [1.82, 2.24) is 14.6 Å². The maximum Gasteiger partial charge on any atom is 0.339 e. The standard InChI is InChI=1S/C18H16ClN3O4/c1-11-20-21-16-4-3-13(9-22(11)16)18(23)26-10-12-7-14(19)17-15(8-12)24-5-2-6-25-17/h3-4,7-9H,2,5-6,10H2,1H3. The molecule has 0 amide bonds. The van der Waals surface area contributed by atoms with Crippen molar-refractivity contribution >= 4 is 23.2 Å². The van der Waals surface area contributed by atoms with E-state index in [1.165, 1.54) is 0 Å². The lowest BCUT2D eigenvalue weighted by Gasteiger charge is -2.12. The zero-order valence-corrected chi connectivity index (χ0v) is 14.8. The Balaban J connectivity index is 1.51. The third-order valence-electron chi connectivity index (χ3n) is 4.04. The summed E-state index contributed by atoms with van der Waals surface area (Å²) in [6.07, 6.45) is 2.45. The number of pyridine rings is 1. The van der Waals surface area contributed by atoms with E-state index in [0.29, 0.717) is 46.8 Å². The van der Waals surface area contributed by atoms with Gasteiger partial charge in [0.05, 0.1) is 23.8 Å². The third-order valence-corrected chi connectivity index (χ3v) is 4.32. The number of hydrogen-bond acceptors (Lipinski definition) is 6. The van der Waals surface area contributed by atoms with Crippen molar-refractivity contribution in [3.05, 3.63) is 52.4 Å². The van der Waals surface area contributed by atoms with Gasteiger partial charge in [0.15, 0.2) is 17.1 Å². The summed E-state index contributed by atoms with van der Waals surface area (Å²) >= 11 is 6.26. The van der Waals surface area contributed by atoms with E-state index in [0.717, 1.165) is 12.0 Å². The second-order valence-electron chi connectivity index (χ2n) is 5.92. The first-order valence-electron chi connectivity index (χ1n) is 8.18. The Morgan fingerprint density at radius 3 is 3.00 bits per heavy atom. The molecule has 3 heterocycles. The molecule has 0 bridgehead atoms. The van der Waals surface area contributed by atoms with E-state index in [9.17, 15) is 4.79 Å². The van der Waals surface area contributed by atoms with Crippen molar-refractivity contribution in [3.63, 3.8) is 0 Å². The first kappa shape index (κ1) is 16.7. The summed E-state index contributed by atoms with van der Waals surface area (Å²) in [5.41, 5.74) is 1.82. The highest BCUT2D eigenvalue weighted by Gasteiger charge is 2.17. The van der Waals surface area contributed by atoms with Gasteiger partial charge in [0, 0.05) is 12.6 Å². The molecule has 26 heavy (non-hydrogen) atoms. The molecule has 4 rings (SSSR count). The Bertz CT molecular complexity index is 986. The minimum absolute atomic E-state index is 0.0778. The normalized spacial score (nSPS) is 13.5. The van der Waals surface area contributed by atoms with Crippen molar-refractivity contribution in [3.8, 4) is 11.5 Å². The van der Waals surface area contributed by atoms with Gasteiger partial charge in [-0.1, -0.05) is 11.6 Å². The topological polar surface area (TPSA) is 75.0 Å². The molecule has 0 saturated heterocycles. The number of aromatic nitrogens is 3. The molecule has 0 radical (unpaired) electrons. The molecular formula is C18H16ClN3O4. The van der Waals surface area contributed by atoms with Crippen LogP contribution in [0.3, 0.4) is 0 Å². The highest BCUT2D eigenvalue weighted by molar-refractivity contribution is 6.32. The second kappa shape index (κ2) is 6.84. The molecular weight excluding hydrogens is 358 g/mol. The molecule has 0 atom stereocenters. The van der Waals surface area contributed by atoms with Crippen LogP contribution in [0.1, 0.15) is 28.2 Å². The smallest absolute Gasteiger partial charge is 0.339 e. The van der Waals surface area contributed by atoms with Crippen LogP contribution in [0, 0.1) is 6.92 Å². The highest BCUT2D eigenvalue weighted by Crippen LogP contribution is 2.38. The molecule has 0 aliphatic carbocycles. The number of ether oxygens (including phenoxy) is 3. The summed E-state index contributed by atoms with van der Waals surface area (Å²) in [4.78, 5) is 12.4. The van der Waals surface area contributed by atoms with Crippen LogP contribution in [0.2, 0.25) is 5.02 Å². The molecule has 8 heteroatoms. The SMILES string of the molecule is Cc1nnc2ccc(C(=O)OCc3cc(Cl)c4c(c3)OCCCO4)cn12. The largest absolute Gasteiger partial charge is 0.489 e. The molecule has 134 valence electrons. The average molecular weight is 374 g/mol. The molecule has 1 aliphatic heterocycles. The fourth-order valence-corrected chi connectivity index (χ4v) is 3.01. The lowest BCUT2D eigenvalue weighted by molar-refractivity contribution is 0.0471. The fraction of sp³-hybridized carbons (Fsp3) is 0.278. The van der Waals surface area contributed by atoms with Gasteiger partial charge < -0.3 is 14.2 Å². The van der Waals surface area contributed by atoms with Crippen LogP contribution in [0.4, 0.5) is 0 Å². The summed E-state index contributed by atoms with van der Waals surface area (Å²) in [7, 11) is 0. The summed E-state index contributed by atoms with van der Waals surface area (Å²) in [6, 6.07) is 6.89. The van der Waals surface area contributed by atoms with Crippen LogP contribution < -0.4 is 9.47 Å².